The number of para-hydroxylation sites is 2. The van der Waals surface area contributed by atoms with Crippen molar-refractivity contribution in [1.29, 1.82) is 0 Å². The lowest BCUT2D eigenvalue weighted by Crippen LogP contribution is -2.37. The maximum atomic E-state index is 12.5. The summed E-state index contributed by atoms with van der Waals surface area (Å²) >= 11 is 0. The smallest absolute Gasteiger partial charge is 0.244 e. The van der Waals surface area contributed by atoms with Gasteiger partial charge in [0.25, 0.3) is 0 Å². The molecule has 28 heavy (non-hydrogen) atoms. The number of carbonyl (C=O) groups is 2. The predicted octanol–water partition coefficient (Wildman–Crippen LogP) is 1.69. The Morgan fingerprint density at radius 2 is 1.93 bits per heavy atom. The van der Waals surface area contributed by atoms with Crippen molar-refractivity contribution in [1.82, 2.24) is 4.31 Å². The summed E-state index contributed by atoms with van der Waals surface area (Å²) in [4.78, 5) is 26.4. The van der Waals surface area contributed by atoms with E-state index in [0.717, 1.165) is 4.31 Å². The van der Waals surface area contributed by atoms with E-state index in [4.69, 9.17) is 4.74 Å². The summed E-state index contributed by atoms with van der Waals surface area (Å²) < 4.78 is 31.2. The van der Waals surface area contributed by atoms with E-state index in [1.54, 1.807) is 36.4 Å². The highest BCUT2D eigenvalue weighted by Gasteiger charge is 2.25. The molecule has 0 saturated heterocycles. The zero-order valence-corrected chi connectivity index (χ0v) is 16.4. The number of fused-ring (bicyclic) bond motifs is 1. The topological polar surface area (TPSA) is 96.0 Å². The van der Waals surface area contributed by atoms with Gasteiger partial charge in [-0.3, -0.25) is 14.5 Å². The Morgan fingerprint density at radius 1 is 1.18 bits per heavy atom. The van der Waals surface area contributed by atoms with Gasteiger partial charge in [0.15, 0.2) is 0 Å². The standard InChI is InChI=1S/C19H21N3O5S/c1-21(2)28(25,26)15-7-5-6-14(12-15)20-18(23)13-22-16-8-3-4-9-17(16)27-11-10-19(22)24/h3-9,12H,10-11,13H2,1-2H3,(H,20,23). The first-order valence-corrected chi connectivity index (χ1v) is 10.1. The SMILES string of the molecule is CN(C)S(=O)(=O)c1cccc(NC(=O)CN2C(=O)CCOc3ccccc32)c1. The van der Waals surface area contributed by atoms with Gasteiger partial charge in [-0.2, -0.15) is 0 Å². The van der Waals surface area contributed by atoms with Crippen LogP contribution >= 0.6 is 0 Å². The van der Waals surface area contributed by atoms with E-state index in [9.17, 15) is 18.0 Å². The third kappa shape index (κ3) is 4.15. The van der Waals surface area contributed by atoms with Gasteiger partial charge in [-0.1, -0.05) is 18.2 Å². The summed E-state index contributed by atoms with van der Waals surface area (Å²) in [6.07, 6.45) is 0.165. The van der Waals surface area contributed by atoms with Gasteiger partial charge in [-0.15, -0.1) is 0 Å². The van der Waals surface area contributed by atoms with Crippen LogP contribution in [0.3, 0.4) is 0 Å². The highest BCUT2D eigenvalue weighted by atomic mass is 32.2. The first-order valence-electron chi connectivity index (χ1n) is 8.63. The van der Waals surface area contributed by atoms with E-state index < -0.39 is 15.9 Å². The Bertz CT molecular complexity index is 1000. The molecule has 1 heterocycles. The monoisotopic (exact) mass is 403 g/mol. The van der Waals surface area contributed by atoms with Crippen LogP contribution in [-0.2, 0) is 19.6 Å². The van der Waals surface area contributed by atoms with Crippen LogP contribution < -0.4 is 15.0 Å². The van der Waals surface area contributed by atoms with Crippen molar-refractivity contribution < 1.29 is 22.7 Å². The quantitative estimate of drug-likeness (QED) is 0.820. The molecular weight excluding hydrogens is 382 g/mol. The van der Waals surface area contributed by atoms with Gasteiger partial charge < -0.3 is 10.1 Å². The van der Waals surface area contributed by atoms with Gasteiger partial charge in [0, 0.05) is 19.8 Å². The molecule has 0 fully saturated rings. The number of nitrogens with zero attached hydrogens (tertiary/aromatic N) is 2. The molecule has 0 bridgehead atoms. The second kappa shape index (κ2) is 7.99. The van der Waals surface area contributed by atoms with Crippen LogP contribution in [0.1, 0.15) is 6.42 Å². The van der Waals surface area contributed by atoms with Gasteiger partial charge >= 0.3 is 0 Å². The Hall–Kier alpha value is -2.91. The zero-order valence-electron chi connectivity index (χ0n) is 15.6. The van der Waals surface area contributed by atoms with Crippen LogP contribution in [0.2, 0.25) is 0 Å². The van der Waals surface area contributed by atoms with Crippen LogP contribution in [0.15, 0.2) is 53.4 Å². The normalized spacial score (nSPS) is 14.2. The Labute approximate surface area is 163 Å². The van der Waals surface area contributed by atoms with Gasteiger partial charge in [-0.05, 0) is 30.3 Å². The maximum absolute atomic E-state index is 12.5. The lowest BCUT2D eigenvalue weighted by atomic mass is 10.2. The molecular formula is C19H21N3O5S. The number of sulfonamides is 1. The van der Waals surface area contributed by atoms with E-state index in [-0.39, 0.29) is 30.4 Å². The molecule has 0 aromatic heterocycles. The second-order valence-electron chi connectivity index (χ2n) is 6.41. The molecule has 3 rings (SSSR count). The van der Waals surface area contributed by atoms with Gasteiger partial charge in [0.1, 0.15) is 12.3 Å². The number of nitrogens with one attached hydrogen (secondary N) is 1. The van der Waals surface area contributed by atoms with Crippen molar-refractivity contribution in [3.8, 4) is 5.75 Å². The first kappa shape index (κ1) is 19.8. The molecule has 1 aliphatic rings. The molecule has 9 heteroatoms. The summed E-state index contributed by atoms with van der Waals surface area (Å²) in [5, 5.41) is 2.66. The average molecular weight is 403 g/mol. The number of hydrogen-bond acceptors (Lipinski definition) is 5. The van der Waals surface area contributed by atoms with Gasteiger partial charge in [0.05, 0.1) is 23.6 Å². The van der Waals surface area contributed by atoms with E-state index in [2.05, 4.69) is 5.32 Å². The fourth-order valence-corrected chi connectivity index (χ4v) is 3.73. The van der Waals surface area contributed by atoms with Crippen molar-refractivity contribution in [2.45, 2.75) is 11.3 Å². The number of amides is 2. The summed E-state index contributed by atoms with van der Waals surface area (Å²) in [6.45, 7) is 0.0439. The number of ether oxygens (including phenoxy) is 1. The summed E-state index contributed by atoms with van der Waals surface area (Å²) in [7, 11) is -0.744. The molecule has 1 aliphatic heterocycles. The van der Waals surface area contributed by atoms with Crippen molar-refractivity contribution in [3.63, 3.8) is 0 Å². The number of carbonyl (C=O) groups excluding carboxylic acids is 2. The fraction of sp³-hybridized carbons (Fsp3) is 0.263. The highest BCUT2D eigenvalue weighted by molar-refractivity contribution is 7.89. The molecule has 2 amide bonds. The highest BCUT2D eigenvalue weighted by Crippen LogP contribution is 2.30. The predicted molar refractivity (Wildman–Crippen MR) is 105 cm³/mol. The van der Waals surface area contributed by atoms with Crippen molar-refractivity contribution in [2.24, 2.45) is 0 Å². The largest absolute Gasteiger partial charge is 0.491 e. The van der Waals surface area contributed by atoms with Crippen molar-refractivity contribution in [2.75, 3.05) is 37.5 Å². The van der Waals surface area contributed by atoms with E-state index >= 15 is 0 Å². The van der Waals surface area contributed by atoms with Crippen LogP contribution in [0, 0.1) is 0 Å². The molecule has 1 N–H and O–H groups in total. The van der Waals surface area contributed by atoms with Gasteiger partial charge in [0.2, 0.25) is 21.8 Å². The minimum Gasteiger partial charge on any atom is -0.491 e. The minimum atomic E-state index is -3.61. The number of benzene rings is 2. The Morgan fingerprint density at radius 3 is 2.68 bits per heavy atom. The Kier molecular flexibility index (Phi) is 5.66. The molecule has 8 nitrogen and oxygen atoms in total. The molecule has 2 aromatic rings. The van der Waals surface area contributed by atoms with E-state index in [1.165, 1.54) is 31.1 Å². The number of anilines is 2. The third-order valence-electron chi connectivity index (χ3n) is 4.23. The molecule has 0 atom stereocenters. The first-order chi connectivity index (χ1) is 13.3. The van der Waals surface area contributed by atoms with Gasteiger partial charge in [-0.25, -0.2) is 12.7 Å². The summed E-state index contributed by atoms with van der Waals surface area (Å²) in [5.74, 6) is -0.117. The molecule has 0 unspecified atom stereocenters. The van der Waals surface area contributed by atoms with Crippen LogP contribution in [0.5, 0.6) is 5.75 Å². The number of hydrogen-bond donors (Lipinski definition) is 1. The molecule has 0 aliphatic carbocycles. The molecule has 2 aromatic carbocycles. The zero-order chi connectivity index (χ0) is 20.3. The van der Waals surface area contributed by atoms with E-state index in [0.29, 0.717) is 17.1 Å². The van der Waals surface area contributed by atoms with Crippen molar-refractivity contribution in [3.05, 3.63) is 48.5 Å². The molecule has 0 saturated carbocycles. The summed E-state index contributed by atoms with van der Waals surface area (Å²) in [6, 6.07) is 13.0. The van der Waals surface area contributed by atoms with Crippen LogP contribution in [0.25, 0.3) is 0 Å². The van der Waals surface area contributed by atoms with E-state index in [1.807, 2.05) is 0 Å². The lowest BCUT2D eigenvalue weighted by Gasteiger charge is -2.21. The molecule has 0 radical (unpaired) electrons. The summed E-state index contributed by atoms with van der Waals surface area (Å²) in [5.41, 5.74) is 0.865. The van der Waals surface area contributed by atoms with Crippen molar-refractivity contribution >= 4 is 33.2 Å². The number of rotatable bonds is 5. The van der Waals surface area contributed by atoms with Crippen LogP contribution in [-0.4, -0.2) is 51.8 Å². The van der Waals surface area contributed by atoms with Crippen LogP contribution in [0.4, 0.5) is 11.4 Å². The Balaban J connectivity index is 1.79. The lowest BCUT2D eigenvalue weighted by molar-refractivity contribution is -0.121. The fourth-order valence-electron chi connectivity index (χ4n) is 2.78. The maximum Gasteiger partial charge on any atom is 0.244 e. The second-order valence-corrected chi connectivity index (χ2v) is 8.56. The molecule has 148 valence electrons. The third-order valence-corrected chi connectivity index (χ3v) is 6.04. The molecule has 0 spiro atoms. The average Bonchev–Trinajstić information content (AvgIpc) is 2.81. The minimum absolute atomic E-state index is 0.0693.